The summed E-state index contributed by atoms with van der Waals surface area (Å²) in [6.45, 7) is 2.75. The zero-order chi connectivity index (χ0) is 12.3. The van der Waals surface area contributed by atoms with Gasteiger partial charge in [0, 0.05) is 17.5 Å². The van der Waals surface area contributed by atoms with Gasteiger partial charge in [-0.1, -0.05) is 6.07 Å². The molecule has 1 saturated heterocycles. The Morgan fingerprint density at radius 1 is 1.59 bits per heavy atom. The van der Waals surface area contributed by atoms with E-state index in [1.807, 2.05) is 18.7 Å². The van der Waals surface area contributed by atoms with E-state index in [0.717, 1.165) is 29.2 Å². The van der Waals surface area contributed by atoms with Crippen molar-refractivity contribution < 1.29 is 9.13 Å². The molecule has 2 N–H and O–H groups in total. The lowest BCUT2D eigenvalue weighted by Crippen LogP contribution is -2.42. The van der Waals surface area contributed by atoms with E-state index in [1.54, 1.807) is 12.1 Å². The van der Waals surface area contributed by atoms with Gasteiger partial charge >= 0.3 is 0 Å². The third kappa shape index (κ3) is 3.44. The van der Waals surface area contributed by atoms with Crippen LogP contribution in [0.15, 0.2) is 18.2 Å². The van der Waals surface area contributed by atoms with E-state index in [1.165, 1.54) is 6.07 Å². The molecule has 0 aliphatic carbocycles. The van der Waals surface area contributed by atoms with Crippen LogP contribution in [0.1, 0.15) is 11.1 Å². The summed E-state index contributed by atoms with van der Waals surface area (Å²) >= 11 is 1.87. The number of thioether (sulfide) groups is 1. The Hall–Kier alpha value is -0.580. The van der Waals surface area contributed by atoms with Crippen LogP contribution in [0.3, 0.4) is 0 Å². The Labute approximate surface area is 106 Å². The van der Waals surface area contributed by atoms with Gasteiger partial charge in [-0.2, -0.15) is 11.8 Å². The first-order valence-corrected chi connectivity index (χ1v) is 7.02. The zero-order valence-corrected chi connectivity index (χ0v) is 10.8. The first kappa shape index (κ1) is 12.9. The van der Waals surface area contributed by atoms with Gasteiger partial charge in [-0.3, -0.25) is 0 Å². The fourth-order valence-corrected chi connectivity index (χ4v) is 2.96. The van der Waals surface area contributed by atoms with Crippen LogP contribution in [0.25, 0.3) is 0 Å². The first-order chi connectivity index (χ1) is 8.16. The quantitative estimate of drug-likeness (QED) is 0.898. The highest BCUT2D eigenvalue weighted by Gasteiger charge is 2.22. The highest BCUT2D eigenvalue weighted by molar-refractivity contribution is 7.99. The Morgan fingerprint density at radius 3 is 3.12 bits per heavy atom. The summed E-state index contributed by atoms with van der Waals surface area (Å²) in [5.74, 6) is 1.79. The van der Waals surface area contributed by atoms with Gasteiger partial charge in [-0.05, 0) is 36.6 Å². The van der Waals surface area contributed by atoms with Crippen molar-refractivity contribution in [1.29, 1.82) is 0 Å². The molecule has 0 bridgehead atoms. The molecule has 2 nitrogen and oxygen atoms in total. The van der Waals surface area contributed by atoms with E-state index in [4.69, 9.17) is 10.5 Å². The molecule has 2 rings (SSSR count). The van der Waals surface area contributed by atoms with Crippen LogP contribution >= 0.6 is 11.8 Å². The van der Waals surface area contributed by atoms with Crippen LogP contribution in [0.2, 0.25) is 0 Å². The molecule has 1 aromatic rings. The smallest absolute Gasteiger partial charge is 0.123 e. The molecule has 0 radical (unpaired) electrons. The third-order valence-corrected chi connectivity index (χ3v) is 4.11. The lowest BCUT2D eigenvalue weighted by atomic mass is 9.98. The molecule has 4 heteroatoms. The van der Waals surface area contributed by atoms with Gasteiger partial charge in [0.15, 0.2) is 0 Å². The number of hydrogen-bond donors (Lipinski definition) is 1. The maximum atomic E-state index is 13.2. The SMILES string of the molecule is Cc1ccc(F)cc1CC(N)C1CSCCO1. The molecule has 0 aromatic heterocycles. The van der Waals surface area contributed by atoms with Gasteiger partial charge in [0.05, 0.1) is 12.7 Å². The molecule has 2 unspecified atom stereocenters. The van der Waals surface area contributed by atoms with Crippen molar-refractivity contribution in [2.75, 3.05) is 18.1 Å². The Morgan fingerprint density at radius 2 is 2.41 bits per heavy atom. The van der Waals surface area contributed by atoms with Crippen molar-refractivity contribution in [3.8, 4) is 0 Å². The maximum absolute atomic E-state index is 13.2. The molecule has 0 spiro atoms. The van der Waals surface area contributed by atoms with Crippen molar-refractivity contribution in [2.24, 2.45) is 5.73 Å². The number of rotatable bonds is 3. The molecule has 1 fully saturated rings. The summed E-state index contributed by atoms with van der Waals surface area (Å²) in [5.41, 5.74) is 8.21. The summed E-state index contributed by atoms with van der Waals surface area (Å²) in [6.07, 6.45) is 0.769. The largest absolute Gasteiger partial charge is 0.375 e. The second-order valence-corrected chi connectivity index (χ2v) is 5.57. The average Bonchev–Trinajstić information content (AvgIpc) is 2.35. The van der Waals surface area contributed by atoms with E-state index >= 15 is 0 Å². The first-order valence-electron chi connectivity index (χ1n) is 5.87. The lowest BCUT2D eigenvalue weighted by molar-refractivity contribution is 0.0571. The second-order valence-electron chi connectivity index (χ2n) is 4.42. The molecule has 1 aliphatic rings. The van der Waals surface area contributed by atoms with Crippen molar-refractivity contribution in [3.63, 3.8) is 0 Å². The monoisotopic (exact) mass is 255 g/mol. The molecule has 17 heavy (non-hydrogen) atoms. The normalized spacial score (nSPS) is 22.4. The third-order valence-electron chi connectivity index (χ3n) is 3.09. The highest BCUT2D eigenvalue weighted by atomic mass is 32.2. The van der Waals surface area contributed by atoms with Crippen LogP contribution < -0.4 is 5.73 Å². The van der Waals surface area contributed by atoms with Crippen molar-refractivity contribution in [3.05, 3.63) is 35.1 Å². The van der Waals surface area contributed by atoms with E-state index < -0.39 is 0 Å². The average molecular weight is 255 g/mol. The Balaban J connectivity index is 2.01. The number of hydrogen-bond acceptors (Lipinski definition) is 3. The Kier molecular flexibility index (Phi) is 4.42. The number of aryl methyl sites for hydroxylation is 1. The zero-order valence-electron chi connectivity index (χ0n) is 9.99. The molecule has 94 valence electrons. The van der Waals surface area contributed by atoms with E-state index in [2.05, 4.69) is 0 Å². The van der Waals surface area contributed by atoms with Gasteiger partial charge in [-0.15, -0.1) is 0 Å². The summed E-state index contributed by atoms with van der Waals surface area (Å²) in [6, 6.07) is 4.80. The van der Waals surface area contributed by atoms with Crippen LogP contribution in [0.5, 0.6) is 0 Å². The van der Waals surface area contributed by atoms with Crippen LogP contribution in [0, 0.1) is 12.7 Å². The van der Waals surface area contributed by atoms with Crippen molar-refractivity contribution >= 4 is 11.8 Å². The summed E-state index contributed by atoms with van der Waals surface area (Å²) in [7, 11) is 0. The summed E-state index contributed by atoms with van der Waals surface area (Å²) in [5, 5.41) is 0. The Bertz CT molecular complexity index is 380. The maximum Gasteiger partial charge on any atom is 0.123 e. The van der Waals surface area contributed by atoms with Crippen LogP contribution in [-0.2, 0) is 11.2 Å². The number of benzene rings is 1. The highest BCUT2D eigenvalue weighted by Crippen LogP contribution is 2.18. The molecule has 1 aromatic carbocycles. The molecule has 2 atom stereocenters. The summed E-state index contributed by atoms with van der Waals surface area (Å²) in [4.78, 5) is 0. The minimum atomic E-state index is -0.197. The van der Waals surface area contributed by atoms with E-state index in [-0.39, 0.29) is 18.0 Å². The van der Waals surface area contributed by atoms with Crippen molar-refractivity contribution in [2.45, 2.75) is 25.5 Å². The van der Waals surface area contributed by atoms with Gasteiger partial charge in [0.2, 0.25) is 0 Å². The standard InChI is InChI=1S/C13H18FNOS/c1-9-2-3-11(14)6-10(9)7-12(15)13-8-17-5-4-16-13/h2-3,6,12-13H,4-5,7-8,15H2,1H3. The van der Waals surface area contributed by atoms with Gasteiger partial charge in [0.1, 0.15) is 5.82 Å². The summed E-state index contributed by atoms with van der Waals surface area (Å²) < 4.78 is 18.8. The minimum Gasteiger partial charge on any atom is -0.375 e. The lowest BCUT2D eigenvalue weighted by Gasteiger charge is -2.28. The van der Waals surface area contributed by atoms with Gasteiger partial charge < -0.3 is 10.5 Å². The molecule has 0 amide bonds. The van der Waals surface area contributed by atoms with Crippen molar-refractivity contribution in [1.82, 2.24) is 0 Å². The predicted octanol–water partition coefficient (Wildman–Crippen LogP) is 2.14. The topological polar surface area (TPSA) is 35.2 Å². The molecule has 1 aliphatic heterocycles. The van der Waals surface area contributed by atoms with Gasteiger partial charge in [0.25, 0.3) is 0 Å². The number of halogens is 1. The van der Waals surface area contributed by atoms with Gasteiger partial charge in [-0.25, -0.2) is 4.39 Å². The fraction of sp³-hybridized carbons (Fsp3) is 0.538. The molecule has 0 saturated carbocycles. The second kappa shape index (κ2) is 5.85. The minimum absolute atomic E-state index is 0.0525. The van der Waals surface area contributed by atoms with Crippen LogP contribution in [-0.4, -0.2) is 30.3 Å². The van der Waals surface area contributed by atoms with Crippen LogP contribution in [0.4, 0.5) is 4.39 Å². The predicted molar refractivity (Wildman–Crippen MR) is 69.9 cm³/mol. The number of ether oxygens (including phenoxy) is 1. The molecular formula is C13H18FNOS. The number of nitrogens with two attached hydrogens (primary N) is 1. The van der Waals surface area contributed by atoms with E-state index in [9.17, 15) is 4.39 Å². The van der Waals surface area contributed by atoms with E-state index in [0.29, 0.717) is 6.42 Å². The fourth-order valence-electron chi connectivity index (χ4n) is 2.00. The molecule has 1 heterocycles. The molecular weight excluding hydrogens is 237 g/mol.